The second-order valence-corrected chi connectivity index (χ2v) is 7.99. The zero-order valence-corrected chi connectivity index (χ0v) is 19.8. The largest absolute Gasteiger partial charge is 0.468 e. The molecule has 1 aliphatic heterocycles. The van der Waals surface area contributed by atoms with Crippen molar-refractivity contribution in [2.24, 2.45) is 5.73 Å². The lowest BCUT2D eigenvalue weighted by Crippen LogP contribution is -2.55. The summed E-state index contributed by atoms with van der Waals surface area (Å²) in [4.78, 5) is 52.4. The highest BCUT2D eigenvalue weighted by atomic mass is 16.5. The number of aliphatic hydroxyl groups is 1. The minimum atomic E-state index is -1.80. The van der Waals surface area contributed by atoms with Crippen LogP contribution in [0.4, 0.5) is 11.4 Å². The minimum Gasteiger partial charge on any atom is -0.468 e. The number of amidine groups is 1. The van der Waals surface area contributed by atoms with Crippen LogP contribution in [-0.4, -0.2) is 85.6 Å². The lowest BCUT2D eigenvalue weighted by Gasteiger charge is -2.34. The summed E-state index contributed by atoms with van der Waals surface area (Å²) in [6.07, 6.45) is -3.26. The van der Waals surface area contributed by atoms with Gasteiger partial charge in [0.05, 0.1) is 13.7 Å². The van der Waals surface area contributed by atoms with E-state index in [0.29, 0.717) is 16.9 Å². The number of esters is 1. The monoisotopic (exact) mass is 497 g/mol. The minimum absolute atomic E-state index is 0.0501. The first-order chi connectivity index (χ1) is 17.1. The number of nitrogen functional groups attached to an aromatic ring is 1. The number of methoxy groups -OCH3 is 1. The molecule has 0 aliphatic carbocycles. The second kappa shape index (κ2) is 11.4. The van der Waals surface area contributed by atoms with Crippen LogP contribution in [0.5, 0.6) is 0 Å². The molecule has 3 amide bonds. The van der Waals surface area contributed by atoms with Crippen LogP contribution in [-0.2, 0) is 23.9 Å². The van der Waals surface area contributed by atoms with E-state index < -0.39 is 35.9 Å². The fraction of sp³-hybridized carbons (Fsp3) is 0.292. The van der Waals surface area contributed by atoms with E-state index in [2.05, 4.69) is 10.1 Å². The number of benzene rings is 2. The summed E-state index contributed by atoms with van der Waals surface area (Å²) >= 11 is 0. The maximum absolute atomic E-state index is 13.1. The van der Waals surface area contributed by atoms with Gasteiger partial charge in [-0.05, 0) is 42.5 Å². The molecule has 0 aromatic heterocycles. The molecule has 12 heteroatoms. The summed E-state index contributed by atoms with van der Waals surface area (Å²) < 4.78 is 9.99. The Morgan fingerprint density at radius 3 is 2.58 bits per heavy atom. The van der Waals surface area contributed by atoms with E-state index in [1.165, 1.54) is 54.3 Å². The Balaban J connectivity index is 1.71. The van der Waals surface area contributed by atoms with Crippen LogP contribution in [0.3, 0.4) is 0 Å². The molecule has 2 aromatic rings. The van der Waals surface area contributed by atoms with Crippen molar-refractivity contribution in [3.8, 4) is 0 Å². The maximum Gasteiger partial charge on any atom is 0.325 e. The molecule has 1 fully saturated rings. The number of amides is 3. The number of hydrogen-bond acceptors (Lipinski definition) is 8. The number of aliphatic hydroxyl groups excluding tert-OH is 1. The first kappa shape index (κ1) is 26.3. The van der Waals surface area contributed by atoms with Gasteiger partial charge in [0.15, 0.2) is 12.2 Å². The average Bonchev–Trinajstić information content (AvgIpc) is 2.88. The number of carbonyl (C=O) groups is 4. The summed E-state index contributed by atoms with van der Waals surface area (Å²) in [6, 6.07) is 12.3. The summed E-state index contributed by atoms with van der Waals surface area (Å²) in [7, 11) is 2.67. The lowest BCUT2D eigenvalue weighted by molar-refractivity contribution is -0.150. The molecule has 5 N–H and O–H groups in total. The van der Waals surface area contributed by atoms with Crippen LogP contribution in [0.25, 0.3) is 0 Å². The van der Waals surface area contributed by atoms with E-state index >= 15 is 0 Å². The topological polar surface area (TPSA) is 175 Å². The van der Waals surface area contributed by atoms with Crippen molar-refractivity contribution in [1.82, 2.24) is 4.90 Å². The fourth-order valence-corrected chi connectivity index (χ4v) is 3.53. The third-order valence-corrected chi connectivity index (χ3v) is 5.49. The van der Waals surface area contributed by atoms with Crippen LogP contribution >= 0.6 is 0 Å². The van der Waals surface area contributed by atoms with E-state index in [1.54, 1.807) is 18.2 Å². The fourth-order valence-electron chi connectivity index (χ4n) is 3.53. The zero-order valence-electron chi connectivity index (χ0n) is 19.8. The highest BCUT2D eigenvalue weighted by molar-refractivity contribution is 6.05. The number of anilines is 2. The third-order valence-electron chi connectivity index (χ3n) is 5.49. The van der Waals surface area contributed by atoms with E-state index in [4.69, 9.17) is 15.9 Å². The summed E-state index contributed by atoms with van der Waals surface area (Å²) in [5, 5.41) is 20.5. The molecule has 0 spiro atoms. The molecule has 3 rings (SSSR count). The van der Waals surface area contributed by atoms with E-state index in [0.717, 1.165) is 0 Å². The number of hydrogen-bond donors (Lipinski definition) is 4. The number of carbonyl (C=O) groups excluding carboxylic acids is 4. The van der Waals surface area contributed by atoms with Crippen LogP contribution in [0.2, 0.25) is 0 Å². The number of nitrogens with zero attached hydrogens (tertiary/aromatic N) is 2. The number of morpholine rings is 1. The number of rotatable bonds is 8. The van der Waals surface area contributed by atoms with Gasteiger partial charge in [-0.15, -0.1) is 0 Å². The van der Waals surface area contributed by atoms with Crippen LogP contribution in [0, 0.1) is 5.41 Å². The molecule has 2 aromatic carbocycles. The summed E-state index contributed by atoms with van der Waals surface area (Å²) in [5.74, 6) is -2.65. The Hall–Kier alpha value is -4.29. The summed E-state index contributed by atoms with van der Waals surface area (Å²) in [5.41, 5.74) is 6.83. The predicted molar refractivity (Wildman–Crippen MR) is 130 cm³/mol. The third kappa shape index (κ3) is 6.03. The van der Waals surface area contributed by atoms with Crippen LogP contribution in [0.15, 0.2) is 48.5 Å². The quantitative estimate of drug-likeness (QED) is 0.223. The summed E-state index contributed by atoms with van der Waals surface area (Å²) in [6.45, 7) is -0.0444. The molecule has 1 saturated heterocycles. The number of nitrogens with one attached hydrogen (secondary N) is 2. The van der Waals surface area contributed by atoms with Crippen LogP contribution in [0.1, 0.15) is 15.9 Å². The number of likely N-dealkylation sites (N-methyl/N-ethyl adjacent to an activating group) is 1. The second-order valence-electron chi connectivity index (χ2n) is 7.99. The van der Waals surface area contributed by atoms with Gasteiger partial charge in [-0.25, -0.2) is 0 Å². The van der Waals surface area contributed by atoms with Crippen molar-refractivity contribution in [2.75, 3.05) is 44.1 Å². The van der Waals surface area contributed by atoms with Gasteiger partial charge in [0, 0.05) is 36.1 Å². The first-order valence-corrected chi connectivity index (χ1v) is 10.9. The van der Waals surface area contributed by atoms with Crippen molar-refractivity contribution < 1.29 is 33.8 Å². The molecule has 1 unspecified atom stereocenters. The number of ether oxygens (including phenoxy) is 2. The molecule has 1 heterocycles. The van der Waals surface area contributed by atoms with Crippen molar-refractivity contribution in [2.45, 2.75) is 12.2 Å². The Kier molecular flexibility index (Phi) is 8.35. The van der Waals surface area contributed by atoms with Crippen LogP contribution < -0.4 is 16.0 Å². The Labute approximate surface area is 207 Å². The van der Waals surface area contributed by atoms with Crippen molar-refractivity contribution in [3.05, 3.63) is 59.7 Å². The van der Waals surface area contributed by atoms with Crippen molar-refractivity contribution in [3.63, 3.8) is 0 Å². The average molecular weight is 498 g/mol. The molecule has 1 aliphatic rings. The lowest BCUT2D eigenvalue weighted by atomic mass is 10.1. The molecule has 2 atom stereocenters. The molecule has 0 bridgehead atoms. The number of nitrogens with two attached hydrogens (primary N) is 1. The van der Waals surface area contributed by atoms with Gasteiger partial charge in [0.2, 0.25) is 0 Å². The van der Waals surface area contributed by atoms with Crippen molar-refractivity contribution in [1.29, 1.82) is 5.41 Å². The Morgan fingerprint density at radius 1 is 1.25 bits per heavy atom. The van der Waals surface area contributed by atoms with Gasteiger partial charge in [-0.2, -0.15) is 0 Å². The highest BCUT2D eigenvalue weighted by Crippen LogP contribution is 2.23. The Morgan fingerprint density at radius 2 is 1.94 bits per heavy atom. The van der Waals surface area contributed by atoms with Gasteiger partial charge in [0.1, 0.15) is 12.4 Å². The molecule has 190 valence electrons. The molecule has 0 saturated carbocycles. The normalized spacial score (nSPS) is 16.1. The van der Waals surface area contributed by atoms with Gasteiger partial charge in [-0.3, -0.25) is 24.6 Å². The zero-order chi connectivity index (χ0) is 26.4. The smallest absolute Gasteiger partial charge is 0.325 e. The Bertz CT molecular complexity index is 1170. The molecule has 36 heavy (non-hydrogen) atoms. The van der Waals surface area contributed by atoms with Gasteiger partial charge in [0.25, 0.3) is 17.7 Å². The van der Waals surface area contributed by atoms with Crippen molar-refractivity contribution >= 4 is 40.9 Å². The first-order valence-electron chi connectivity index (χ1n) is 10.9. The van der Waals surface area contributed by atoms with Gasteiger partial charge in [-0.1, -0.05) is 6.07 Å². The molecule has 0 radical (unpaired) electrons. The van der Waals surface area contributed by atoms with E-state index in [9.17, 15) is 24.3 Å². The SMILES string of the molecule is COC(=O)CN(C)C(=O)c1cccc(N2CCO[C@H](C(O)C(=O)Nc3ccc(C(=N)N)cc3)C2=O)c1. The van der Waals surface area contributed by atoms with E-state index in [-0.39, 0.29) is 31.1 Å². The van der Waals surface area contributed by atoms with Gasteiger partial charge >= 0.3 is 5.97 Å². The van der Waals surface area contributed by atoms with E-state index in [1.807, 2.05) is 0 Å². The standard InChI is InChI=1S/C24H27N5O7/c1-28(13-18(30)35-2)23(33)15-4-3-5-17(12-15)29-10-11-36-20(24(29)34)19(31)22(32)27-16-8-6-14(7-9-16)21(25)26/h3-9,12,19-20,31H,10-11,13H2,1-2H3,(H3,25,26)(H,27,32)/t19?,20-/m1/s1. The van der Waals surface area contributed by atoms with Gasteiger partial charge < -0.3 is 35.4 Å². The maximum atomic E-state index is 13.1. The molecular formula is C24H27N5O7. The molecule has 12 nitrogen and oxygen atoms in total. The molecular weight excluding hydrogens is 470 g/mol. The predicted octanol–water partition coefficient (Wildman–Crippen LogP) is -0.0529. The highest BCUT2D eigenvalue weighted by Gasteiger charge is 2.39.